The van der Waals surface area contributed by atoms with E-state index in [2.05, 4.69) is 4.98 Å². The lowest BCUT2D eigenvalue weighted by atomic mass is 10.2. The Labute approximate surface area is 117 Å². The molecule has 0 aliphatic rings. The lowest BCUT2D eigenvalue weighted by Gasteiger charge is -2.09. The van der Waals surface area contributed by atoms with Crippen LogP contribution in [0.2, 0.25) is 0 Å². The van der Waals surface area contributed by atoms with Gasteiger partial charge in [-0.3, -0.25) is 10.1 Å². The van der Waals surface area contributed by atoms with Crippen LogP contribution >= 0.6 is 0 Å². The maximum absolute atomic E-state index is 13.5. The maximum atomic E-state index is 13.5. The molecule has 0 fully saturated rings. The molecule has 108 valence electrons. The van der Waals surface area contributed by atoms with Gasteiger partial charge in [0.15, 0.2) is 0 Å². The van der Waals surface area contributed by atoms with Crippen molar-refractivity contribution in [1.29, 1.82) is 0 Å². The smallest absolute Gasteiger partial charge is 0.342 e. The highest BCUT2D eigenvalue weighted by molar-refractivity contribution is 5.91. The highest BCUT2D eigenvalue weighted by Crippen LogP contribution is 2.33. The molecule has 1 aromatic carbocycles. The van der Waals surface area contributed by atoms with Gasteiger partial charge in [-0.05, 0) is 25.1 Å². The zero-order chi connectivity index (χ0) is 15.6. The molecule has 0 aliphatic carbocycles. The highest BCUT2D eigenvalue weighted by atomic mass is 19.1. The van der Waals surface area contributed by atoms with Crippen LogP contribution < -0.4 is 4.74 Å². The number of aromatic nitrogens is 1. The minimum atomic E-state index is -1.54. The molecular weight excluding hydrogens is 283 g/mol. The van der Waals surface area contributed by atoms with Gasteiger partial charge in [0.1, 0.15) is 17.1 Å². The van der Waals surface area contributed by atoms with Crippen LogP contribution in [0, 0.1) is 22.9 Å². The average molecular weight is 292 g/mol. The molecule has 21 heavy (non-hydrogen) atoms. The van der Waals surface area contributed by atoms with Crippen LogP contribution in [0.1, 0.15) is 15.9 Å². The zero-order valence-electron chi connectivity index (χ0n) is 10.7. The Kier molecular flexibility index (Phi) is 3.79. The van der Waals surface area contributed by atoms with Crippen molar-refractivity contribution in [1.82, 2.24) is 4.98 Å². The van der Waals surface area contributed by atoms with Gasteiger partial charge in [0.25, 0.3) is 5.88 Å². The molecule has 0 saturated carbocycles. The van der Waals surface area contributed by atoms with E-state index in [4.69, 9.17) is 9.84 Å². The molecule has 2 rings (SSSR count). The number of nitrogens with zero attached hydrogens (tertiary/aromatic N) is 2. The number of benzene rings is 1. The molecule has 1 aromatic heterocycles. The number of nitro groups is 1. The first-order chi connectivity index (χ1) is 9.91. The molecule has 1 heterocycles. The number of carboxylic acids is 1. The second-order valence-electron chi connectivity index (χ2n) is 4.06. The van der Waals surface area contributed by atoms with Gasteiger partial charge in [0.05, 0.1) is 4.92 Å². The number of aryl methyl sites for hydroxylation is 1. The minimum absolute atomic E-state index is 0.290. The summed E-state index contributed by atoms with van der Waals surface area (Å²) in [5.41, 5.74) is -0.827. The Balaban J connectivity index is 2.54. The molecule has 2 aromatic rings. The number of carbonyl (C=O) groups is 1. The molecule has 0 radical (unpaired) electrons. The standard InChI is InChI=1S/C13H9FN2O5/c1-7-5-6-15-12(11(7)16(19)20)21-9-4-2-3-8(14)10(9)13(17)18/h2-6H,1H3,(H,17,18). The number of pyridine rings is 1. The number of ether oxygens (including phenoxy) is 1. The second kappa shape index (κ2) is 5.53. The number of rotatable bonds is 4. The first-order valence-corrected chi connectivity index (χ1v) is 5.71. The minimum Gasteiger partial charge on any atom is -0.477 e. The van der Waals surface area contributed by atoms with Crippen LogP contribution in [0.3, 0.4) is 0 Å². The van der Waals surface area contributed by atoms with Crippen molar-refractivity contribution in [3.8, 4) is 11.6 Å². The third-order valence-corrected chi connectivity index (χ3v) is 2.67. The van der Waals surface area contributed by atoms with Crippen molar-refractivity contribution >= 4 is 11.7 Å². The van der Waals surface area contributed by atoms with Gasteiger partial charge in [0, 0.05) is 11.8 Å². The van der Waals surface area contributed by atoms with Gasteiger partial charge >= 0.3 is 11.7 Å². The SMILES string of the molecule is Cc1ccnc(Oc2cccc(F)c2C(=O)O)c1[N+](=O)[O-]. The Bertz CT molecular complexity index is 671. The summed E-state index contributed by atoms with van der Waals surface area (Å²) in [4.78, 5) is 25.1. The molecule has 0 spiro atoms. The first-order valence-electron chi connectivity index (χ1n) is 5.71. The largest absolute Gasteiger partial charge is 0.477 e. The van der Waals surface area contributed by atoms with Crippen molar-refractivity contribution in [2.24, 2.45) is 0 Å². The summed E-state index contributed by atoms with van der Waals surface area (Å²) < 4.78 is 18.7. The quantitative estimate of drug-likeness (QED) is 0.686. The monoisotopic (exact) mass is 292 g/mol. The second-order valence-corrected chi connectivity index (χ2v) is 4.06. The summed E-state index contributed by atoms with van der Waals surface area (Å²) in [6, 6.07) is 4.79. The van der Waals surface area contributed by atoms with Gasteiger partial charge in [-0.2, -0.15) is 0 Å². The summed E-state index contributed by atoms with van der Waals surface area (Å²) in [7, 11) is 0. The van der Waals surface area contributed by atoms with E-state index in [0.29, 0.717) is 5.56 Å². The first kappa shape index (κ1) is 14.4. The van der Waals surface area contributed by atoms with E-state index in [1.807, 2.05) is 0 Å². The van der Waals surface area contributed by atoms with Crippen molar-refractivity contribution in [3.63, 3.8) is 0 Å². The van der Waals surface area contributed by atoms with Crippen LogP contribution in [0.15, 0.2) is 30.5 Å². The lowest BCUT2D eigenvalue weighted by molar-refractivity contribution is -0.386. The van der Waals surface area contributed by atoms with Crippen LogP contribution in [-0.2, 0) is 0 Å². The van der Waals surface area contributed by atoms with Gasteiger partial charge in [0.2, 0.25) is 0 Å². The van der Waals surface area contributed by atoms with Gasteiger partial charge in [-0.15, -0.1) is 0 Å². The predicted octanol–water partition coefficient (Wildman–Crippen LogP) is 2.93. The summed E-state index contributed by atoms with van der Waals surface area (Å²) in [5.74, 6) is -3.30. The third-order valence-electron chi connectivity index (χ3n) is 2.67. The van der Waals surface area contributed by atoms with Crippen molar-refractivity contribution in [2.75, 3.05) is 0 Å². The lowest BCUT2D eigenvalue weighted by Crippen LogP contribution is -2.05. The molecule has 0 unspecified atom stereocenters. The third kappa shape index (κ3) is 2.78. The van der Waals surface area contributed by atoms with Crippen LogP contribution in [0.4, 0.5) is 10.1 Å². The molecule has 0 atom stereocenters. The van der Waals surface area contributed by atoms with Crippen LogP contribution in [-0.4, -0.2) is 21.0 Å². The predicted molar refractivity (Wildman–Crippen MR) is 69.1 cm³/mol. The van der Waals surface area contributed by atoms with E-state index in [0.717, 1.165) is 6.07 Å². The highest BCUT2D eigenvalue weighted by Gasteiger charge is 2.24. The Hall–Kier alpha value is -3.03. The van der Waals surface area contributed by atoms with E-state index in [1.165, 1.54) is 31.3 Å². The molecular formula is C13H9FN2O5. The number of aromatic carboxylic acids is 1. The Morgan fingerprint density at radius 3 is 2.76 bits per heavy atom. The normalized spacial score (nSPS) is 10.2. The van der Waals surface area contributed by atoms with Gasteiger partial charge in [-0.25, -0.2) is 14.2 Å². The Morgan fingerprint density at radius 1 is 1.43 bits per heavy atom. The molecule has 0 saturated heterocycles. The average Bonchev–Trinajstić information content (AvgIpc) is 2.37. The molecule has 7 nitrogen and oxygen atoms in total. The maximum Gasteiger partial charge on any atom is 0.342 e. The summed E-state index contributed by atoms with van der Waals surface area (Å²) in [6.07, 6.45) is 1.28. The summed E-state index contributed by atoms with van der Waals surface area (Å²) >= 11 is 0. The molecule has 0 amide bonds. The Morgan fingerprint density at radius 2 is 2.14 bits per heavy atom. The number of carboxylic acid groups (broad SMARTS) is 1. The fourth-order valence-electron chi connectivity index (χ4n) is 1.72. The van der Waals surface area contributed by atoms with Crippen molar-refractivity contribution in [2.45, 2.75) is 6.92 Å². The van der Waals surface area contributed by atoms with Crippen molar-refractivity contribution in [3.05, 3.63) is 57.5 Å². The van der Waals surface area contributed by atoms with Crippen LogP contribution in [0.25, 0.3) is 0 Å². The van der Waals surface area contributed by atoms with E-state index < -0.39 is 33.8 Å². The number of hydrogen-bond donors (Lipinski definition) is 1. The number of halogens is 1. The van der Waals surface area contributed by atoms with Crippen molar-refractivity contribution < 1.29 is 24.0 Å². The number of hydrogen-bond acceptors (Lipinski definition) is 5. The topological polar surface area (TPSA) is 103 Å². The van der Waals surface area contributed by atoms with E-state index in [1.54, 1.807) is 0 Å². The van der Waals surface area contributed by atoms with E-state index in [-0.39, 0.29) is 5.75 Å². The fourth-order valence-corrected chi connectivity index (χ4v) is 1.72. The van der Waals surface area contributed by atoms with Gasteiger partial charge in [-0.1, -0.05) is 6.07 Å². The summed E-state index contributed by atoms with van der Waals surface area (Å²) in [5, 5.41) is 20.0. The molecule has 8 heteroatoms. The zero-order valence-corrected chi connectivity index (χ0v) is 10.7. The van der Waals surface area contributed by atoms with E-state index in [9.17, 15) is 19.3 Å². The fraction of sp³-hybridized carbons (Fsp3) is 0.0769. The molecule has 0 bridgehead atoms. The van der Waals surface area contributed by atoms with E-state index >= 15 is 0 Å². The molecule has 0 aliphatic heterocycles. The van der Waals surface area contributed by atoms with Gasteiger partial charge < -0.3 is 9.84 Å². The van der Waals surface area contributed by atoms with Crippen LogP contribution in [0.5, 0.6) is 11.6 Å². The summed E-state index contributed by atoms with van der Waals surface area (Å²) in [6.45, 7) is 1.48. The molecule has 1 N–H and O–H groups in total.